The number of unbranched alkanes of at least 4 members (excludes halogenated alkanes) is 2. The smallest absolute Gasteiger partial charge is 0.123 e. The lowest BCUT2D eigenvalue weighted by atomic mass is 9.60. The molecule has 4 N–H and O–H groups in total. The number of fused-ring (bicyclic) bond motifs is 4. The maximum Gasteiger partial charge on any atom is 0.123 e. The highest BCUT2D eigenvalue weighted by atomic mass is 16.3. The summed E-state index contributed by atoms with van der Waals surface area (Å²) in [5.41, 5.74) is 2.79. The molecule has 2 aliphatic rings. The molecule has 0 aromatic heterocycles. The van der Waals surface area contributed by atoms with E-state index in [1.807, 2.05) is 12.1 Å². The fourth-order valence-corrected chi connectivity index (χ4v) is 7.85. The van der Waals surface area contributed by atoms with E-state index in [0.717, 1.165) is 80.0 Å². The van der Waals surface area contributed by atoms with Crippen LogP contribution in [0.3, 0.4) is 0 Å². The van der Waals surface area contributed by atoms with Crippen LogP contribution >= 0.6 is 0 Å². The largest absolute Gasteiger partial charge is 0.508 e. The maximum atomic E-state index is 11.4. The van der Waals surface area contributed by atoms with Crippen molar-refractivity contribution in [2.24, 2.45) is 5.92 Å². The molecule has 4 atom stereocenters. The Bertz CT molecular complexity index is 1080. The predicted octanol–water partition coefficient (Wildman–Crippen LogP) is 7.52. The van der Waals surface area contributed by atoms with Crippen LogP contribution in [0.15, 0.2) is 24.3 Å². The standard InChI is InChI=1S/C30H42O4/c1-6-9-12-28(4)18-30(22-15-20(32)16-23(33)26(22)28)25(11-8-3)29(5,13-10-7-2)21-14-19(31)17-24(34)27(21)30/h14-17,25,31-34H,6-13,18H2,1-5H3. The molecule has 1 spiro atoms. The number of phenols is 4. The van der Waals surface area contributed by atoms with Gasteiger partial charge in [-0.3, -0.25) is 0 Å². The second-order valence-electron chi connectivity index (χ2n) is 11.4. The Morgan fingerprint density at radius 2 is 1.29 bits per heavy atom. The van der Waals surface area contributed by atoms with Crippen molar-refractivity contribution >= 4 is 0 Å². The van der Waals surface area contributed by atoms with E-state index in [1.54, 1.807) is 0 Å². The first-order chi connectivity index (χ1) is 16.1. The molecule has 0 heterocycles. The van der Waals surface area contributed by atoms with Gasteiger partial charge in [0.15, 0.2) is 0 Å². The van der Waals surface area contributed by atoms with Gasteiger partial charge in [0.25, 0.3) is 0 Å². The van der Waals surface area contributed by atoms with Crippen molar-refractivity contribution in [1.82, 2.24) is 0 Å². The van der Waals surface area contributed by atoms with E-state index >= 15 is 0 Å². The molecule has 0 radical (unpaired) electrons. The van der Waals surface area contributed by atoms with Crippen LogP contribution in [-0.4, -0.2) is 20.4 Å². The van der Waals surface area contributed by atoms with Crippen molar-refractivity contribution in [1.29, 1.82) is 0 Å². The first-order valence-electron chi connectivity index (χ1n) is 13.2. The minimum Gasteiger partial charge on any atom is -0.508 e. The van der Waals surface area contributed by atoms with E-state index in [-0.39, 0.29) is 39.7 Å². The summed E-state index contributed by atoms with van der Waals surface area (Å²) in [6.45, 7) is 11.1. The summed E-state index contributed by atoms with van der Waals surface area (Å²) in [5.74, 6) is 0.625. The molecular formula is C30H42O4. The van der Waals surface area contributed by atoms with Gasteiger partial charge in [-0.25, -0.2) is 0 Å². The Labute approximate surface area is 204 Å². The highest BCUT2D eigenvalue weighted by Crippen LogP contribution is 2.71. The average molecular weight is 467 g/mol. The Morgan fingerprint density at radius 3 is 1.88 bits per heavy atom. The van der Waals surface area contributed by atoms with Crippen molar-refractivity contribution in [2.45, 2.75) is 109 Å². The Morgan fingerprint density at radius 1 is 0.735 bits per heavy atom. The lowest BCUT2D eigenvalue weighted by Gasteiger charge is -2.42. The molecule has 0 amide bonds. The minimum absolute atomic E-state index is 0.0626. The molecule has 4 nitrogen and oxygen atoms in total. The van der Waals surface area contributed by atoms with Gasteiger partial charge in [-0.05, 0) is 65.7 Å². The lowest BCUT2D eigenvalue weighted by Crippen LogP contribution is -2.40. The molecule has 0 fully saturated rings. The maximum absolute atomic E-state index is 11.4. The van der Waals surface area contributed by atoms with Crippen LogP contribution in [-0.2, 0) is 16.2 Å². The molecule has 2 aromatic carbocycles. The van der Waals surface area contributed by atoms with Gasteiger partial charge in [0.05, 0.1) is 0 Å². The van der Waals surface area contributed by atoms with Crippen molar-refractivity contribution in [3.05, 3.63) is 46.5 Å². The van der Waals surface area contributed by atoms with E-state index in [9.17, 15) is 20.4 Å². The Hall–Kier alpha value is -2.36. The average Bonchev–Trinajstić information content (AvgIpc) is 3.13. The van der Waals surface area contributed by atoms with Gasteiger partial charge in [-0.1, -0.05) is 66.7 Å². The molecule has 0 bridgehead atoms. The summed E-state index contributed by atoms with van der Waals surface area (Å²) < 4.78 is 0. The zero-order chi connectivity index (χ0) is 24.9. The molecule has 2 aliphatic carbocycles. The molecule has 0 aliphatic heterocycles. The normalized spacial score (nSPS) is 29.5. The molecular weight excluding hydrogens is 424 g/mol. The topological polar surface area (TPSA) is 80.9 Å². The quantitative estimate of drug-likeness (QED) is 0.324. The van der Waals surface area contributed by atoms with Gasteiger partial charge >= 0.3 is 0 Å². The van der Waals surface area contributed by atoms with E-state index in [1.165, 1.54) is 12.1 Å². The third kappa shape index (κ3) is 3.39. The molecule has 4 rings (SSSR count). The van der Waals surface area contributed by atoms with Crippen LogP contribution in [0.4, 0.5) is 0 Å². The number of hydrogen-bond acceptors (Lipinski definition) is 4. The number of hydrogen-bond donors (Lipinski definition) is 4. The van der Waals surface area contributed by atoms with Crippen molar-refractivity contribution < 1.29 is 20.4 Å². The summed E-state index contributed by atoms with van der Waals surface area (Å²) in [6, 6.07) is 6.65. The third-order valence-electron chi connectivity index (χ3n) is 9.09. The molecule has 186 valence electrons. The first-order valence-corrected chi connectivity index (χ1v) is 13.2. The van der Waals surface area contributed by atoms with Crippen molar-refractivity contribution in [3.8, 4) is 23.0 Å². The molecule has 4 heteroatoms. The van der Waals surface area contributed by atoms with Gasteiger partial charge in [-0.15, -0.1) is 0 Å². The Balaban J connectivity index is 2.10. The van der Waals surface area contributed by atoms with Crippen LogP contribution in [0, 0.1) is 5.92 Å². The van der Waals surface area contributed by atoms with Crippen LogP contribution < -0.4 is 0 Å². The van der Waals surface area contributed by atoms with E-state index in [2.05, 4.69) is 34.6 Å². The highest BCUT2D eigenvalue weighted by Gasteiger charge is 2.65. The fraction of sp³-hybridized carbons (Fsp3) is 0.600. The lowest BCUT2D eigenvalue weighted by molar-refractivity contribution is 0.174. The number of benzene rings is 2. The molecule has 0 saturated heterocycles. The molecule has 4 unspecified atom stereocenters. The SMILES string of the molecule is CCCCC1(C)CC2(c3cc(O)cc(O)c31)c1c(O)cc(O)cc1C(C)(CCCC)C2CCC. The van der Waals surface area contributed by atoms with E-state index in [0.29, 0.717) is 0 Å². The molecule has 34 heavy (non-hydrogen) atoms. The zero-order valence-electron chi connectivity index (χ0n) is 21.5. The summed E-state index contributed by atoms with van der Waals surface area (Å²) in [6.07, 6.45) is 8.92. The third-order valence-corrected chi connectivity index (χ3v) is 9.09. The van der Waals surface area contributed by atoms with E-state index < -0.39 is 5.41 Å². The van der Waals surface area contributed by atoms with Gasteiger partial charge in [0.1, 0.15) is 23.0 Å². The van der Waals surface area contributed by atoms with Crippen molar-refractivity contribution in [3.63, 3.8) is 0 Å². The van der Waals surface area contributed by atoms with Gasteiger partial charge in [0, 0.05) is 28.7 Å². The summed E-state index contributed by atoms with van der Waals surface area (Å²) in [4.78, 5) is 0. The van der Waals surface area contributed by atoms with Gasteiger partial charge < -0.3 is 20.4 Å². The summed E-state index contributed by atoms with van der Waals surface area (Å²) in [7, 11) is 0. The zero-order valence-corrected chi connectivity index (χ0v) is 21.5. The Kier molecular flexibility index (Phi) is 6.33. The summed E-state index contributed by atoms with van der Waals surface area (Å²) in [5, 5.41) is 43.8. The second-order valence-corrected chi connectivity index (χ2v) is 11.4. The summed E-state index contributed by atoms with van der Waals surface area (Å²) >= 11 is 0. The number of aromatic hydroxyl groups is 4. The predicted molar refractivity (Wildman–Crippen MR) is 137 cm³/mol. The highest BCUT2D eigenvalue weighted by molar-refractivity contribution is 5.68. The minimum atomic E-state index is -0.528. The van der Waals surface area contributed by atoms with Gasteiger partial charge in [0.2, 0.25) is 0 Å². The fourth-order valence-electron chi connectivity index (χ4n) is 7.85. The molecule has 2 aromatic rings. The van der Waals surface area contributed by atoms with Crippen LogP contribution in [0.25, 0.3) is 0 Å². The number of rotatable bonds is 8. The van der Waals surface area contributed by atoms with Gasteiger partial charge in [-0.2, -0.15) is 0 Å². The second kappa shape index (κ2) is 8.70. The van der Waals surface area contributed by atoms with E-state index in [4.69, 9.17) is 0 Å². The van der Waals surface area contributed by atoms with Crippen LogP contribution in [0.1, 0.15) is 115 Å². The number of phenolic OH excluding ortho intramolecular Hbond substituents is 4. The first kappa shape index (κ1) is 24.8. The van der Waals surface area contributed by atoms with Crippen LogP contribution in [0.2, 0.25) is 0 Å². The van der Waals surface area contributed by atoms with Crippen molar-refractivity contribution in [2.75, 3.05) is 0 Å². The van der Waals surface area contributed by atoms with Crippen LogP contribution in [0.5, 0.6) is 23.0 Å². The monoisotopic (exact) mass is 466 g/mol. The molecule has 0 saturated carbocycles.